The maximum atomic E-state index is 13.9. The minimum atomic E-state index is -0.950. The van der Waals surface area contributed by atoms with E-state index in [2.05, 4.69) is 15.1 Å². The van der Waals surface area contributed by atoms with Crippen LogP contribution < -0.4 is 5.32 Å². The van der Waals surface area contributed by atoms with Crippen LogP contribution in [-0.4, -0.2) is 65.0 Å². The number of carbonyl (C=O) groups excluding carboxylic acids is 2. The van der Waals surface area contributed by atoms with Gasteiger partial charge in [-0.25, -0.2) is 0 Å². The first-order valence-electron chi connectivity index (χ1n) is 13.4. The Morgan fingerprint density at radius 2 is 1.56 bits per heavy atom. The van der Waals surface area contributed by atoms with Crippen molar-refractivity contribution < 1.29 is 14.7 Å². The standard InChI is InChI=1S/C29H35Cl4N3O3/c1-18(38)36(21-5-6-21)22-9-12-35(13-10-22)14-11-29(2,20-4-8-24(31)26(33)16-20)28(39)34-27(17-37)19-3-7-23(30)25(32)15-19/h3-4,7-8,15-16,21-22,27,37H,5-6,9-14,17H2,1-2H3,(H,34,39). The second-order valence-electron chi connectivity index (χ2n) is 10.8. The number of nitrogens with zero attached hydrogens (tertiary/aromatic N) is 2. The van der Waals surface area contributed by atoms with Crippen molar-refractivity contribution in [2.45, 2.75) is 69.5 Å². The summed E-state index contributed by atoms with van der Waals surface area (Å²) in [6, 6.07) is 10.3. The van der Waals surface area contributed by atoms with Crippen molar-refractivity contribution in [1.82, 2.24) is 15.1 Å². The fourth-order valence-electron chi connectivity index (χ4n) is 5.48. The molecule has 39 heavy (non-hydrogen) atoms. The summed E-state index contributed by atoms with van der Waals surface area (Å²) in [4.78, 5) is 30.6. The number of likely N-dealkylation sites (tertiary alicyclic amines) is 1. The summed E-state index contributed by atoms with van der Waals surface area (Å²) in [5.41, 5.74) is 0.449. The van der Waals surface area contributed by atoms with Crippen molar-refractivity contribution in [3.63, 3.8) is 0 Å². The average Bonchev–Trinajstić information content (AvgIpc) is 3.74. The monoisotopic (exact) mass is 613 g/mol. The number of carbonyl (C=O) groups is 2. The second kappa shape index (κ2) is 13.0. The Kier molecular flexibility index (Phi) is 10.1. The van der Waals surface area contributed by atoms with Crippen molar-refractivity contribution in [3.05, 3.63) is 67.6 Å². The van der Waals surface area contributed by atoms with Gasteiger partial charge >= 0.3 is 0 Å². The molecule has 6 nitrogen and oxygen atoms in total. The third-order valence-corrected chi connectivity index (χ3v) is 9.55. The third-order valence-electron chi connectivity index (χ3n) is 8.07. The zero-order chi connectivity index (χ0) is 28.3. The van der Waals surface area contributed by atoms with E-state index in [9.17, 15) is 14.7 Å². The lowest BCUT2D eigenvalue weighted by Gasteiger charge is -2.40. The molecule has 2 aliphatic rings. The zero-order valence-electron chi connectivity index (χ0n) is 22.2. The van der Waals surface area contributed by atoms with Gasteiger partial charge in [0.25, 0.3) is 0 Å². The van der Waals surface area contributed by atoms with Crippen LogP contribution in [0.25, 0.3) is 0 Å². The van der Waals surface area contributed by atoms with E-state index in [0.29, 0.717) is 44.7 Å². The molecule has 0 bridgehead atoms. The highest BCUT2D eigenvalue weighted by Crippen LogP contribution is 2.36. The molecule has 0 spiro atoms. The molecule has 2 unspecified atom stereocenters. The van der Waals surface area contributed by atoms with Gasteiger partial charge in [0.1, 0.15) is 0 Å². The van der Waals surface area contributed by atoms with Gasteiger partial charge in [0.15, 0.2) is 0 Å². The summed E-state index contributed by atoms with van der Waals surface area (Å²) in [5, 5.41) is 14.7. The van der Waals surface area contributed by atoms with E-state index in [1.807, 2.05) is 13.0 Å². The van der Waals surface area contributed by atoms with Gasteiger partial charge in [-0.2, -0.15) is 0 Å². The first kappa shape index (κ1) is 30.4. The van der Waals surface area contributed by atoms with E-state index in [1.165, 1.54) is 0 Å². The number of halogens is 4. The Hall–Kier alpha value is -1.54. The third kappa shape index (κ3) is 7.22. The van der Waals surface area contributed by atoms with Crippen molar-refractivity contribution in [2.75, 3.05) is 26.2 Å². The summed E-state index contributed by atoms with van der Waals surface area (Å²) in [5.74, 6) is -0.0717. The van der Waals surface area contributed by atoms with Crippen molar-refractivity contribution in [2.24, 2.45) is 0 Å². The van der Waals surface area contributed by atoms with Gasteiger partial charge < -0.3 is 20.2 Å². The topological polar surface area (TPSA) is 72.9 Å². The lowest BCUT2D eigenvalue weighted by molar-refractivity contribution is -0.133. The molecule has 2 amide bonds. The number of hydrogen-bond acceptors (Lipinski definition) is 4. The Labute approximate surface area is 250 Å². The molecular formula is C29H35Cl4N3O3. The molecule has 1 heterocycles. The summed E-state index contributed by atoms with van der Waals surface area (Å²) >= 11 is 24.8. The van der Waals surface area contributed by atoms with Crippen molar-refractivity contribution >= 4 is 58.2 Å². The first-order valence-corrected chi connectivity index (χ1v) is 14.9. The van der Waals surface area contributed by atoms with Crippen LogP contribution in [0.1, 0.15) is 63.1 Å². The van der Waals surface area contributed by atoms with Crippen LogP contribution in [0, 0.1) is 0 Å². The molecule has 1 aliphatic carbocycles. The Balaban J connectivity index is 1.49. The van der Waals surface area contributed by atoms with E-state index in [4.69, 9.17) is 46.4 Å². The van der Waals surface area contributed by atoms with Gasteiger partial charge in [-0.1, -0.05) is 58.5 Å². The molecule has 0 aromatic heterocycles. The molecule has 212 valence electrons. The molecule has 1 saturated heterocycles. The molecule has 1 aliphatic heterocycles. The summed E-state index contributed by atoms with van der Waals surface area (Å²) < 4.78 is 0. The minimum absolute atomic E-state index is 0.167. The average molecular weight is 615 g/mol. The highest BCUT2D eigenvalue weighted by Gasteiger charge is 2.39. The van der Waals surface area contributed by atoms with Crippen LogP contribution >= 0.6 is 46.4 Å². The van der Waals surface area contributed by atoms with Crippen LogP contribution in [0.15, 0.2) is 36.4 Å². The fraction of sp³-hybridized carbons (Fsp3) is 0.517. The molecule has 2 atom stereocenters. The number of aliphatic hydroxyl groups is 1. The zero-order valence-corrected chi connectivity index (χ0v) is 25.3. The lowest BCUT2D eigenvalue weighted by Crippen LogP contribution is -2.50. The lowest BCUT2D eigenvalue weighted by atomic mass is 9.78. The Morgan fingerprint density at radius 3 is 2.10 bits per heavy atom. The number of rotatable bonds is 10. The van der Waals surface area contributed by atoms with Crippen LogP contribution in [0.4, 0.5) is 0 Å². The van der Waals surface area contributed by atoms with Crippen LogP contribution in [0.2, 0.25) is 20.1 Å². The summed E-state index contributed by atoms with van der Waals surface area (Å²) in [6.45, 7) is 5.68. The second-order valence-corrected chi connectivity index (χ2v) is 12.5. The normalized spacial score (nSPS) is 18.8. The Morgan fingerprint density at radius 1 is 0.974 bits per heavy atom. The maximum Gasteiger partial charge on any atom is 0.230 e. The SMILES string of the molecule is CC(=O)N(C1CC1)C1CCN(CCC(C)(C(=O)NC(CO)c2ccc(Cl)c(Cl)c2)c2ccc(Cl)c(Cl)c2)CC1. The number of piperidine rings is 1. The molecule has 0 radical (unpaired) electrons. The number of hydrogen-bond donors (Lipinski definition) is 2. The largest absolute Gasteiger partial charge is 0.394 e. The molecule has 1 saturated carbocycles. The van der Waals surface area contributed by atoms with Gasteiger partial charge in [0.2, 0.25) is 11.8 Å². The van der Waals surface area contributed by atoms with Gasteiger partial charge in [-0.3, -0.25) is 9.59 Å². The first-order chi connectivity index (χ1) is 18.5. The van der Waals surface area contributed by atoms with Crippen molar-refractivity contribution in [1.29, 1.82) is 0 Å². The maximum absolute atomic E-state index is 13.9. The van der Waals surface area contributed by atoms with E-state index in [-0.39, 0.29) is 24.5 Å². The highest BCUT2D eigenvalue weighted by molar-refractivity contribution is 6.42. The molecule has 2 aromatic carbocycles. The van der Waals surface area contributed by atoms with E-state index < -0.39 is 11.5 Å². The molecule has 4 rings (SSSR count). The van der Waals surface area contributed by atoms with E-state index >= 15 is 0 Å². The molecule has 2 fully saturated rings. The van der Waals surface area contributed by atoms with Gasteiger partial charge in [0.05, 0.1) is 38.2 Å². The van der Waals surface area contributed by atoms with Gasteiger partial charge in [-0.15, -0.1) is 0 Å². The summed E-state index contributed by atoms with van der Waals surface area (Å²) in [7, 11) is 0. The van der Waals surface area contributed by atoms with Crippen LogP contribution in [-0.2, 0) is 15.0 Å². The molecule has 2 N–H and O–H groups in total. The predicted octanol–water partition coefficient (Wildman–Crippen LogP) is 6.27. The minimum Gasteiger partial charge on any atom is -0.394 e. The Bertz CT molecular complexity index is 1200. The number of nitrogens with one attached hydrogen (secondary N) is 1. The van der Waals surface area contributed by atoms with E-state index in [1.54, 1.807) is 37.3 Å². The van der Waals surface area contributed by atoms with Crippen LogP contribution in [0.3, 0.4) is 0 Å². The number of amides is 2. The van der Waals surface area contributed by atoms with Gasteiger partial charge in [0, 0.05) is 32.1 Å². The van der Waals surface area contributed by atoms with E-state index in [0.717, 1.165) is 44.3 Å². The van der Waals surface area contributed by atoms with Gasteiger partial charge in [-0.05, 0) is 81.0 Å². The smallest absolute Gasteiger partial charge is 0.230 e. The fourth-order valence-corrected chi connectivity index (χ4v) is 6.08. The molecule has 2 aromatic rings. The van der Waals surface area contributed by atoms with Crippen molar-refractivity contribution in [3.8, 4) is 0 Å². The molecular weight excluding hydrogens is 580 g/mol. The number of benzene rings is 2. The highest BCUT2D eigenvalue weighted by atomic mass is 35.5. The predicted molar refractivity (Wildman–Crippen MR) is 158 cm³/mol. The molecule has 10 heteroatoms. The van der Waals surface area contributed by atoms with Crippen LogP contribution in [0.5, 0.6) is 0 Å². The quantitative estimate of drug-likeness (QED) is 0.331. The number of aliphatic hydroxyl groups excluding tert-OH is 1. The summed E-state index contributed by atoms with van der Waals surface area (Å²) in [6.07, 6.45) is 4.59.